The summed E-state index contributed by atoms with van der Waals surface area (Å²) in [6.45, 7) is 0.609. The van der Waals surface area contributed by atoms with E-state index in [1.54, 1.807) is 18.2 Å². The molecule has 1 aliphatic rings. The van der Waals surface area contributed by atoms with Gasteiger partial charge in [-0.3, -0.25) is 4.79 Å². The van der Waals surface area contributed by atoms with Gasteiger partial charge < -0.3 is 14.6 Å². The first-order valence-corrected chi connectivity index (χ1v) is 9.13. The van der Waals surface area contributed by atoms with Crippen molar-refractivity contribution in [3.63, 3.8) is 0 Å². The lowest BCUT2D eigenvalue weighted by atomic mass is 10.1. The standard InChI is InChI=1S/C20H13F6N3O3/c1-9(19(21,22)23)31-15-5-4-12(6-13(15)20(24,25)26)18-28-17(29-32-18)11-3-2-10-8-16(30)27-14(10)7-11/h2-7,9H,8H2,1H3,(H,27,30). The minimum Gasteiger partial charge on any atom is -0.481 e. The van der Waals surface area contributed by atoms with Crippen molar-refractivity contribution in [2.75, 3.05) is 5.32 Å². The molecule has 0 spiro atoms. The van der Waals surface area contributed by atoms with E-state index in [2.05, 4.69) is 20.2 Å². The number of anilines is 1. The van der Waals surface area contributed by atoms with Gasteiger partial charge in [-0.2, -0.15) is 31.3 Å². The Hall–Kier alpha value is -3.57. The highest BCUT2D eigenvalue weighted by molar-refractivity contribution is 5.99. The topological polar surface area (TPSA) is 77.2 Å². The second kappa shape index (κ2) is 7.53. The maximum atomic E-state index is 13.5. The number of hydrogen-bond acceptors (Lipinski definition) is 5. The highest BCUT2D eigenvalue weighted by atomic mass is 19.4. The number of alkyl halides is 6. The number of benzene rings is 2. The lowest BCUT2D eigenvalue weighted by molar-refractivity contribution is -0.191. The van der Waals surface area contributed by atoms with Crippen LogP contribution in [0.3, 0.4) is 0 Å². The van der Waals surface area contributed by atoms with Crippen molar-refractivity contribution in [2.24, 2.45) is 0 Å². The number of aromatic nitrogens is 2. The molecule has 1 unspecified atom stereocenters. The lowest BCUT2D eigenvalue weighted by Crippen LogP contribution is -2.31. The van der Waals surface area contributed by atoms with E-state index in [-0.39, 0.29) is 29.6 Å². The predicted octanol–water partition coefficient (Wildman–Crippen LogP) is 5.25. The normalized spacial score (nSPS) is 14.8. The summed E-state index contributed by atoms with van der Waals surface area (Å²) >= 11 is 0. The van der Waals surface area contributed by atoms with E-state index in [4.69, 9.17) is 4.52 Å². The molecule has 0 saturated carbocycles. The highest BCUT2D eigenvalue weighted by Gasteiger charge is 2.41. The van der Waals surface area contributed by atoms with E-state index >= 15 is 0 Å². The molecule has 1 amide bonds. The number of carbonyl (C=O) groups excluding carboxylic acids is 1. The molecule has 12 heteroatoms. The SMILES string of the molecule is CC(Oc1ccc(-c2nc(-c3ccc4c(c3)NC(=O)C4)no2)cc1C(F)(F)F)C(F)(F)F. The molecular weight excluding hydrogens is 444 g/mol. The maximum Gasteiger partial charge on any atom is 0.425 e. The third-order valence-corrected chi connectivity index (χ3v) is 4.72. The van der Waals surface area contributed by atoms with Gasteiger partial charge in [-0.05, 0) is 36.8 Å². The summed E-state index contributed by atoms with van der Waals surface area (Å²) in [6, 6.07) is 7.37. The highest BCUT2D eigenvalue weighted by Crippen LogP contribution is 2.40. The number of nitrogens with one attached hydrogen (secondary N) is 1. The van der Waals surface area contributed by atoms with E-state index in [9.17, 15) is 31.1 Å². The molecule has 0 saturated heterocycles. The molecule has 1 aromatic heterocycles. The zero-order valence-corrected chi connectivity index (χ0v) is 16.1. The van der Waals surface area contributed by atoms with Gasteiger partial charge in [-0.15, -0.1) is 0 Å². The summed E-state index contributed by atoms with van der Waals surface area (Å²) in [5.41, 5.74) is 0.235. The average Bonchev–Trinajstić information content (AvgIpc) is 3.32. The van der Waals surface area contributed by atoms with Gasteiger partial charge in [0.05, 0.1) is 12.0 Å². The Balaban J connectivity index is 1.66. The molecule has 168 valence electrons. The number of fused-ring (bicyclic) bond motifs is 1. The molecule has 4 rings (SSSR count). The third-order valence-electron chi connectivity index (χ3n) is 4.72. The Morgan fingerprint density at radius 2 is 1.78 bits per heavy atom. The van der Waals surface area contributed by atoms with Crippen LogP contribution in [-0.2, 0) is 17.4 Å². The van der Waals surface area contributed by atoms with Gasteiger partial charge in [-0.25, -0.2) is 0 Å². The molecule has 1 atom stereocenters. The zero-order chi connectivity index (χ0) is 23.3. The second-order valence-corrected chi connectivity index (χ2v) is 7.03. The summed E-state index contributed by atoms with van der Waals surface area (Å²) in [4.78, 5) is 15.5. The van der Waals surface area contributed by atoms with Crippen LogP contribution in [0, 0.1) is 0 Å². The fourth-order valence-electron chi connectivity index (χ4n) is 3.06. The molecule has 1 N–H and O–H groups in total. The van der Waals surface area contributed by atoms with E-state index in [0.717, 1.165) is 17.7 Å². The number of rotatable bonds is 4. The van der Waals surface area contributed by atoms with Gasteiger partial charge in [0.1, 0.15) is 5.75 Å². The van der Waals surface area contributed by atoms with Gasteiger partial charge >= 0.3 is 12.4 Å². The molecular formula is C20H13F6N3O3. The monoisotopic (exact) mass is 457 g/mol. The Labute approximate surface area is 176 Å². The van der Waals surface area contributed by atoms with Crippen LogP contribution in [0.15, 0.2) is 40.9 Å². The fraction of sp³-hybridized carbons (Fsp3) is 0.250. The number of ether oxygens (including phenoxy) is 1. The van der Waals surface area contributed by atoms with Gasteiger partial charge in [0.2, 0.25) is 11.7 Å². The number of amides is 1. The van der Waals surface area contributed by atoms with Crippen LogP contribution in [-0.4, -0.2) is 28.3 Å². The smallest absolute Gasteiger partial charge is 0.425 e. The van der Waals surface area contributed by atoms with Crippen molar-refractivity contribution in [3.05, 3.63) is 47.5 Å². The van der Waals surface area contributed by atoms with E-state index in [1.807, 2.05) is 0 Å². The molecule has 2 heterocycles. The van der Waals surface area contributed by atoms with Crippen molar-refractivity contribution in [3.8, 4) is 28.6 Å². The molecule has 6 nitrogen and oxygen atoms in total. The van der Waals surface area contributed by atoms with E-state index in [1.165, 1.54) is 0 Å². The first kappa shape index (κ1) is 21.7. The first-order chi connectivity index (χ1) is 14.9. The number of carbonyl (C=O) groups is 1. The average molecular weight is 457 g/mol. The Morgan fingerprint density at radius 1 is 1.06 bits per heavy atom. The zero-order valence-electron chi connectivity index (χ0n) is 16.1. The first-order valence-electron chi connectivity index (χ1n) is 9.13. The molecule has 0 radical (unpaired) electrons. The molecule has 2 aromatic carbocycles. The molecule has 0 fully saturated rings. The van der Waals surface area contributed by atoms with Gasteiger partial charge in [0, 0.05) is 16.8 Å². The van der Waals surface area contributed by atoms with Gasteiger partial charge in [0.25, 0.3) is 5.89 Å². The summed E-state index contributed by atoms with van der Waals surface area (Å²) < 4.78 is 88.1. The van der Waals surface area contributed by atoms with Crippen LogP contribution in [0.4, 0.5) is 32.0 Å². The van der Waals surface area contributed by atoms with Crippen LogP contribution in [0.25, 0.3) is 22.8 Å². The van der Waals surface area contributed by atoms with Crippen LogP contribution in [0.1, 0.15) is 18.1 Å². The van der Waals surface area contributed by atoms with E-state index < -0.39 is 29.8 Å². The fourth-order valence-corrected chi connectivity index (χ4v) is 3.06. The minimum atomic E-state index is -4.99. The summed E-state index contributed by atoms with van der Waals surface area (Å²) in [5.74, 6) is -1.36. The predicted molar refractivity (Wildman–Crippen MR) is 98.7 cm³/mol. The largest absolute Gasteiger partial charge is 0.481 e. The minimum absolute atomic E-state index is 0.0588. The van der Waals surface area contributed by atoms with Crippen molar-refractivity contribution in [2.45, 2.75) is 31.8 Å². The van der Waals surface area contributed by atoms with Crippen molar-refractivity contribution in [1.82, 2.24) is 10.1 Å². The Morgan fingerprint density at radius 3 is 2.47 bits per heavy atom. The van der Waals surface area contributed by atoms with E-state index in [0.29, 0.717) is 24.2 Å². The third kappa shape index (κ3) is 4.25. The van der Waals surface area contributed by atoms with Crippen LogP contribution in [0.2, 0.25) is 0 Å². The molecule has 32 heavy (non-hydrogen) atoms. The number of nitrogens with zero attached hydrogens (tertiary/aromatic N) is 2. The van der Waals surface area contributed by atoms with Crippen molar-refractivity contribution in [1.29, 1.82) is 0 Å². The molecule has 3 aromatic rings. The summed E-state index contributed by atoms with van der Waals surface area (Å²) in [5, 5.41) is 6.40. The quantitative estimate of drug-likeness (QED) is 0.542. The molecule has 1 aliphatic heterocycles. The lowest BCUT2D eigenvalue weighted by Gasteiger charge is -2.20. The summed E-state index contributed by atoms with van der Waals surface area (Å²) in [6.07, 6.45) is -12.0. The summed E-state index contributed by atoms with van der Waals surface area (Å²) in [7, 11) is 0. The van der Waals surface area contributed by atoms with Gasteiger partial charge in [0.15, 0.2) is 6.10 Å². The van der Waals surface area contributed by atoms with Crippen molar-refractivity contribution < 1.29 is 40.4 Å². The number of halogens is 6. The van der Waals surface area contributed by atoms with Crippen molar-refractivity contribution >= 4 is 11.6 Å². The van der Waals surface area contributed by atoms with Crippen LogP contribution in [0.5, 0.6) is 5.75 Å². The Kier molecular flexibility index (Phi) is 5.10. The maximum absolute atomic E-state index is 13.5. The molecule has 0 bridgehead atoms. The molecule has 0 aliphatic carbocycles. The van der Waals surface area contributed by atoms with Crippen LogP contribution < -0.4 is 10.1 Å². The number of hydrogen-bond donors (Lipinski definition) is 1. The Bertz CT molecular complexity index is 1190. The second-order valence-electron chi connectivity index (χ2n) is 7.03. The van der Waals surface area contributed by atoms with Crippen LogP contribution >= 0.6 is 0 Å². The van der Waals surface area contributed by atoms with Gasteiger partial charge in [-0.1, -0.05) is 17.3 Å².